The van der Waals surface area contributed by atoms with Gasteiger partial charge in [0.2, 0.25) is 0 Å². The summed E-state index contributed by atoms with van der Waals surface area (Å²) in [4.78, 5) is 21.2. The number of benzene rings is 2. The van der Waals surface area contributed by atoms with Crippen LogP contribution in [0.1, 0.15) is 43.0 Å². The lowest BCUT2D eigenvalue weighted by Gasteiger charge is -2.05. The summed E-state index contributed by atoms with van der Waals surface area (Å²) in [6.45, 7) is 7.00. The van der Waals surface area contributed by atoms with E-state index in [-0.39, 0.29) is 11.3 Å². The van der Waals surface area contributed by atoms with E-state index in [2.05, 4.69) is 0 Å². The molecule has 0 fully saturated rings. The number of rotatable bonds is 2. The molecule has 5 heteroatoms. The van der Waals surface area contributed by atoms with Gasteiger partial charge in [-0.05, 0) is 50.5 Å². The largest absolute Gasteiger partial charge is 0.507 e. The highest BCUT2D eigenvalue weighted by Gasteiger charge is 2.13. The first-order valence-electron chi connectivity index (χ1n) is 6.98. The number of aromatic carboxylic acids is 2. The van der Waals surface area contributed by atoms with E-state index in [0.717, 1.165) is 11.1 Å². The summed E-state index contributed by atoms with van der Waals surface area (Å²) in [5.74, 6) is -2.08. The van der Waals surface area contributed by atoms with Crippen LogP contribution >= 0.6 is 0 Å². The van der Waals surface area contributed by atoms with Crippen LogP contribution < -0.4 is 0 Å². The first-order valence-corrected chi connectivity index (χ1v) is 6.98. The zero-order valence-corrected chi connectivity index (χ0v) is 13.5. The maximum atomic E-state index is 10.6. The molecular formula is C18H20O5. The van der Waals surface area contributed by atoms with E-state index in [0.29, 0.717) is 16.7 Å². The van der Waals surface area contributed by atoms with Crippen LogP contribution in [-0.4, -0.2) is 27.3 Å². The predicted molar refractivity (Wildman–Crippen MR) is 87.4 cm³/mol. The quantitative estimate of drug-likeness (QED) is 0.785. The minimum Gasteiger partial charge on any atom is -0.507 e. The van der Waals surface area contributed by atoms with Crippen LogP contribution in [0.2, 0.25) is 0 Å². The Bertz CT molecular complexity index is 747. The van der Waals surface area contributed by atoms with Crippen molar-refractivity contribution < 1.29 is 24.9 Å². The third-order valence-corrected chi connectivity index (χ3v) is 3.43. The third kappa shape index (κ3) is 4.57. The van der Waals surface area contributed by atoms with Crippen LogP contribution in [0.4, 0.5) is 0 Å². The molecule has 0 aliphatic heterocycles. The zero-order chi connectivity index (χ0) is 17.7. The van der Waals surface area contributed by atoms with E-state index in [9.17, 15) is 14.7 Å². The van der Waals surface area contributed by atoms with E-state index in [1.165, 1.54) is 0 Å². The molecule has 0 spiro atoms. The number of aromatic hydroxyl groups is 1. The van der Waals surface area contributed by atoms with Crippen molar-refractivity contribution in [2.45, 2.75) is 27.7 Å². The molecule has 23 heavy (non-hydrogen) atoms. The van der Waals surface area contributed by atoms with E-state index < -0.39 is 11.9 Å². The Hall–Kier alpha value is -2.82. The van der Waals surface area contributed by atoms with E-state index in [4.69, 9.17) is 10.2 Å². The van der Waals surface area contributed by atoms with Crippen molar-refractivity contribution in [1.29, 1.82) is 0 Å². The topological polar surface area (TPSA) is 94.8 Å². The molecule has 5 nitrogen and oxygen atoms in total. The molecule has 0 unspecified atom stereocenters. The van der Waals surface area contributed by atoms with Gasteiger partial charge in [0.1, 0.15) is 11.3 Å². The molecule has 0 aliphatic rings. The molecule has 3 N–H and O–H groups in total. The summed E-state index contributed by atoms with van der Waals surface area (Å²) in [6, 6.07) is 8.77. The number of carboxylic acid groups (broad SMARTS) is 2. The van der Waals surface area contributed by atoms with Gasteiger partial charge in [-0.25, -0.2) is 9.59 Å². The van der Waals surface area contributed by atoms with Crippen molar-refractivity contribution in [3.8, 4) is 5.75 Å². The highest BCUT2D eigenvalue weighted by atomic mass is 16.4. The lowest BCUT2D eigenvalue weighted by atomic mass is 10.0. The third-order valence-electron chi connectivity index (χ3n) is 3.43. The zero-order valence-electron chi connectivity index (χ0n) is 13.5. The molecule has 0 atom stereocenters. The molecule has 0 bridgehead atoms. The van der Waals surface area contributed by atoms with E-state index in [1.807, 2.05) is 19.1 Å². The number of carboxylic acids is 2. The van der Waals surface area contributed by atoms with Crippen LogP contribution in [0.3, 0.4) is 0 Å². The standard InChI is InChI=1S/C9H10O3.C9H10O2/c1-5-3-4-6(2)8(10)7(5)9(11)12;1-6-3-4-7(2)8(5-6)9(10)11/h3-4,10H,1-2H3,(H,11,12);3-5H,1-2H3,(H,10,11). The normalized spacial score (nSPS) is 9.74. The summed E-state index contributed by atoms with van der Waals surface area (Å²) in [5, 5.41) is 26.8. The Kier molecular flexibility index (Phi) is 5.90. The maximum Gasteiger partial charge on any atom is 0.339 e. The van der Waals surface area contributed by atoms with Crippen molar-refractivity contribution in [2.75, 3.05) is 0 Å². The van der Waals surface area contributed by atoms with Gasteiger partial charge in [0, 0.05) is 0 Å². The molecule has 122 valence electrons. The Balaban J connectivity index is 0.000000231. The summed E-state index contributed by atoms with van der Waals surface area (Å²) in [7, 11) is 0. The Labute approximate surface area is 134 Å². The fourth-order valence-corrected chi connectivity index (χ4v) is 2.03. The first kappa shape index (κ1) is 18.2. The van der Waals surface area contributed by atoms with Crippen molar-refractivity contribution in [3.63, 3.8) is 0 Å². The SMILES string of the molecule is Cc1ccc(C)c(C(=O)O)c1.Cc1ccc(C)c(C(=O)O)c1O. The molecule has 0 saturated carbocycles. The van der Waals surface area contributed by atoms with Gasteiger partial charge >= 0.3 is 11.9 Å². The molecule has 2 rings (SSSR count). The van der Waals surface area contributed by atoms with Crippen LogP contribution in [0.15, 0.2) is 30.3 Å². The molecule has 0 saturated heterocycles. The Morgan fingerprint density at radius 3 is 1.74 bits per heavy atom. The molecule has 0 radical (unpaired) electrons. The van der Waals surface area contributed by atoms with Crippen LogP contribution in [0.5, 0.6) is 5.75 Å². The molecule has 0 aliphatic carbocycles. The van der Waals surface area contributed by atoms with Gasteiger partial charge < -0.3 is 15.3 Å². The molecule has 0 heterocycles. The average Bonchev–Trinajstić information content (AvgIpc) is 2.46. The summed E-state index contributed by atoms with van der Waals surface area (Å²) < 4.78 is 0. The number of carbonyl (C=O) groups is 2. The van der Waals surface area contributed by atoms with Crippen molar-refractivity contribution in [1.82, 2.24) is 0 Å². The highest BCUT2D eigenvalue weighted by molar-refractivity contribution is 5.93. The van der Waals surface area contributed by atoms with Gasteiger partial charge in [-0.3, -0.25) is 0 Å². The van der Waals surface area contributed by atoms with Crippen LogP contribution in [0.25, 0.3) is 0 Å². The summed E-state index contributed by atoms with van der Waals surface area (Å²) in [6.07, 6.45) is 0. The summed E-state index contributed by atoms with van der Waals surface area (Å²) in [5.41, 5.74) is 3.33. The monoisotopic (exact) mass is 316 g/mol. The molecule has 0 aromatic heterocycles. The summed E-state index contributed by atoms with van der Waals surface area (Å²) >= 11 is 0. The van der Waals surface area contributed by atoms with Crippen molar-refractivity contribution in [2.24, 2.45) is 0 Å². The number of hydrogen-bond donors (Lipinski definition) is 3. The smallest absolute Gasteiger partial charge is 0.339 e. The van der Waals surface area contributed by atoms with E-state index in [1.54, 1.807) is 39.0 Å². The second kappa shape index (κ2) is 7.45. The lowest BCUT2D eigenvalue weighted by Crippen LogP contribution is -2.00. The molecule has 2 aromatic rings. The Morgan fingerprint density at radius 1 is 0.783 bits per heavy atom. The van der Waals surface area contributed by atoms with Gasteiger partial charge in [0.15, 0.2) is 0 Å². The van der Waals surface area contributed by atoms with Gasteiger partial charge in [0.05, 0.1) is 5.56 Å². The predicted octanol–water partition coefficient (Wildman–Crippen LogP) is 3.71. The van der Waals surface area contributed by atoms with Crippen LogP contribution in [0, 0.1) is 27.7 Å². The Morgan fingerprint density at radius 2 is 1.30 bits per heavy atom. The van der Waals surface area contributed by atoms with Gasteiger partial charge in [0.25, 0.3) is 0 Å². The van der Waals surface area contributed by atoms with E-state index >= 15 is 0 Å². The first-order chi connectivity index (χ1) is 10.6. The van der Waals surface area contributed by atoms with Crippen molar-refractivity contribution >= 4 is 11.9 Å². The van der Waals surface area contributed by atoms with Gasteiger partial charge in [-0.2, -0.15) is 0 Å². The van der Waals surface area contributed by atoms with Crippen LogP contribution in [-0.2, 0) is 0 Å². The molecule has 2 aromatic carbocycles. The van der Waals surface area contributed by atoms with Gasteiger partial charge in [-0.1, -0.05) is 29.8 Å². The minimum absolute atomic E-state index is 0.00463. The highest BCUT2D eigenvalue weighted by Crippen LogP contribution is 2.24. The van der Waals surface area contributed by atoms with Crippen molar-refractivity contribution in [3.05, 3.63) is 63.7 Å². The molecular weight excluding hydrogens is 296 g/mol. The minimum atomic E-state index is -1.09. The maximum absolute atomic E-state index is 10.6. The second-order valence-corrected chi connectivity index (χ2v) is 5.35. The fraction of sp³-hybridized carbons (Fsp3) is 0.222. The molecule has 0 amide bonds. The average molecular weight is 316 g/mol. The number of aryl methyl sites for hydroxylation is 4. The van der Waals surface area contributed by atoms with Gasteiger partial charge in [-0.15, -0.1) is 0 Å². The number of phenols is 1. The fourth-order valence-electron chi connectivity index (χ4n) is 2.03. The lowest BCUT2D eigenvalue weighted by molar-refractivity contribution is 0.0683. The second-order valence-electron chi connectivity index (χ2n) is 5.35. The number of hydrogen-bond acceptors (Lipinski definition) is 3.